The van der Waals surface area contributed by atoms with E-state index in [1.165, 1.54) is 63.4 Å². The highest BCUT2D eigenvalue weighted by atomic mass is 16.3. The van der Waals surface area contributed by atoms with E-state index in [4.69, 9.17) is 0 Å². The van der Waals surface area contributed by atoms with E-state index in [0.717, 1.165) is 24.2 Å². The molecule has 0 aliphatic heterocycles. The van der Waals surface area contributed by atoms with Crippen molar-refractivity contribution in [3.05, 3.63) is 12.2 Å². The van der Waals surface area contributed by atoms with Gasteiger partial charge in [-0.2, -0.15) is 0 Å². The second-order valence-corrected chi connectivity index (χ2v) is 14.7. The summed E-state index contributed by atoms with van der Waals surface area (Å²) in [6.45, 7) is 22.6. The van der Waals surface area contributed by atoms with Crippen molar-refractivity contribution in [1.82, 2.24) is 0 Å². The van der Waals surface area contributed by atoms with Crippen LogP contribution in [0.2, 0.25) is 0 Å². The molecule has 0 bridgehead atoms. The predicted octanol–water partition coefficient (Wildman–Crippen LogP) is 8.02. The van der Waals surface area contributed by atoms with Crippen molar-refractivity contribution in [3.8, 4) is 0 Å². The lowest BCUT2D eigenvalue weighted by molar-refractivity contribution is -0.251. The number of hydrogen-bond acceptors (Lipinski definition) is 1. The maximum atomic E-state index is 10.9. The molecule has 31 heavy (non-hydrogen) atoms. The van der Waals surface area contributed by atoms with Crippen LogP contribution in [0.1, 0.15) is 113 Å². The van der Waals surface area contributed by atoms with Crippen LogP contribution in [0.4, 0.5) is 0 Å². The highest BCUT2D eigenvalue weighted by Gasteiger charge is 2.69. The van der Waals surface area contributed by atoms with Crippen molar-refractivity contribution in [2.75, 3.05) is 0 Å². The Hall–Kier alpha value is -0.300. The maximum absolute atomic E-state index is 10.9. The van der Waals surface area contributed by atoms with Crippen molar-refractivity contribution in [2.45, 2.75) is 119 Å². The van der Waals surface area contributed by atoms with Crippen molar-refractivity contribution >= 4 is 0 Å². The third-order valence-corrected chi connectivity index (χ3v) is 13.6. The predicted molar refractivity (Wildman–Crippen MR) is 131 cm³/mol. The molecule has 1 N–H and O–H groups in total. The van der Waals surface area contributed by atoms with Gasteiger partial charge in [0.25, 0.3) is 0 Å². The van der Waals surface area contributed by atoms with Gasteiger partial charge >= 0.3 is 0 Å². The average Bonchev–Trinajstić information content (AvgIpc) is 2.69. The fourth-order valence-electron chi connectivity index (χ4n) is 11.4. The molecular weight excluding hydrogens is 376 g/mol. The van der Waals surface area contributed by atoms with Crippen LogP contribution >= 0.6 is 0 Å². The summed E-state index contributed by atoms with van der Waals surface area (Å²) in [6, 6.07) is 0. The molecule has 0 radical (unpaired) electrons. The van der Waals surface area contributed by atoms with Crippen molar-refractivity contribution in [1.29, 1.82) is 0 Å². The fourth-order valence-corrected chi connectivity index (χ4v) is 11.4. The van der Waals surface area contributed by atoms with E-state index in [1.807, 2.05) is 0 Å². The average molecular weight is 427 g/mol. The van der Waals surface area contributed by atoms with Gasteiger partial charge in [-0.1, -0.05) is 60.6 Å². The van der Waals surface area contributed by atoms with Gasteiger partial charge in [-0.25, -0.2) is 0 Å². The maximum Gasteiger partial charge on any atom is 0.0594 e. The van der Waals surface area contributed by atoms with Crippen LogP contribution in [-0.4, -0.2) is 11.2 Å². The zero-order chi connectivity index (χ0) is 22.6. The molecule has 5 aliphatic rings. The monoisotopic (exact) mass is 426 g/mol. The van der Waals surface area contributed by atoms with Gasteiger partial charge in [0.05, 0.1) is 6.10 Å². The van der Waals surface area contributed by atoms with Crippen LogP contribution in [-0.2, 0) is 0 Å². The summed E-state index contributed by atoms with van der Waals surface area (Å²) in [4.78, 5) is 0. The number of rotatable bonds is 0. The van der Waals surface area contributed by atoms with E-state index < -0.39 is 0 Å². The Labute approximate surface area is 192 Å². The molecule has 176 valence electrons. The van der Waals surface area contributed by atoms with Gasteiger partial charge in [0.1, 0.15) is 0 Å². The molecule has 5 fully saturated rings. The molecule has 0 amide bonds. The van der Waals surface area contributed by atoms with E-state index in [2.05, 4.69) is 55.0 Å². The second kappa shape index (κ2) is 6.64. The Bertz CT molecular complexity index is 766. The van der Waals surface area contributed by atoms with E-state index in [-0.39, 0.29) is 11.5 Å². The van der Waals surface area contributed by atoms with Crippen LogP contribution in [0, 0.1) is 56.7 Å². The molecular formula is C30H50O. The fraction of sp³-hybridized carbons (Fsp3) is 0.933. The topological polar surface area (TPSA) is 20.2 Å². The first-order valence-electron chi connectivity index (χ1n) is 13.7. The van der Waals surface area contributed by atoms with Crippen LogP contribution < -0.4 is 0 Å². The van der Waals surface area contributed by atoms with Gasteiger partial charge in [0.2, 0.25) is 0 Å². The smallest absolute Gasteiger partial charge is 0.0594 e. The molecule has 7 unspecified atom stereocenters. The van der Waals surface area contributed by atoms with Gasteiger partial charge in [-0.15, -0.1) is 0 Å². The highest BCUT2D eigenvalue weighted by Crippen LogP contribution is 2.76. The Kier molecular flexibility index (Phi) is 4.82. The summed E-state index contributed by atoms with van der Waals surface area (Å²) in [6.07, 6.45) is 13.2. The van der Waals surface area contributed by atoms with Gasteiger partial charge in [0, 0.05) is 0 Å². The summed E-state index contributed by atoms with van der Waals surface area (Å²) in [5.74, 6) is 3.88. The molecule has 1 nitrogen and oxygen atoms in total. The zero-order valence-electron chi connectivity index (χ0n) is 21.7. The molecule has 0 aromatic heterocycles. The number of aliphatic hydroxyl groups is 1. The minimum atomic E-state index is -0.119. The molecule has 0 heterocycles. The normalized spacial score (nSPS) is 58.5. The summed E-state index contributed by atoms with van der Waals surface area (Å²) in [5.41, 5.74) is 3.43. The quantitative estimate of drug-likeness (QED) is 0.389. The lowest BCUT2D eigenvalue weighted by Gasteiger charge is -2.73. The van der Waals surface area contributed by atoms with E-state index in [0.29, 0.717) is 33.5 Å². The van der Waals surface area contributed by atoms with Gasteiger partial charge in [-0.05, 0) is 121 Å². The summed E-state index contributed by atoms with van der Waals surface area (Å²) < 4.78 is 0. The Morgan fingerprint density at radius 2 is 1.48 bits per heavy atom. The van der Waals surface area contributed by atoms with Gasteiger partial charge < -0.3 is 5.11 Å². The van der Waals surface area contributed by atoms with Crippen molar-refractivity contribution < 1.29 is 5.11 Å². The minimum Gasteiger partial charge on any atom is -0.393 e. The molecule has 5 aliphatic carbocycles. The van der Waals surface area contributed by atoms with Crippen LogP contribution in [0.5, 0.6) is 0 Å². The Morgan fingerprint density at radius 3 is 2.19 bits per heavy atom. The number of hydrogen-bond donors (Lipinski definition) is 1. The SMILES string of the molecule is C=C1CC[C@]2(C)CCC3(C)[C@H](CCC4C5(C)CCC(O)C(C)(C)C5CC[C@]43C)C2C1C. The first kappa shape index (κ1) is 22.5. The summed E-state index contributed by atoms with van der Waals surface area (Å²) in [7, 11) is 0. The van der Waals surface area contributed by atoms with Crippen LogP contribution in [0.15, 0.2) is 12.2 Å². The highest BCUT2D eigenvalue weighted by molar-refractivity contribution is 5.21. The van der Waals surface area contributed by atoms with E-state index in [9.17, 15) is 5.11 Å². The largest absolute Gasteiger partial charge is 0.393 e. The first-order chi connectivity index (χ1) is 14.3. The zero-order valence-corrected chi connectivity index (χ0v) is 21.7. The van der Waals surface area contributed by atoms with Crippen molar-refractivity contribution in [2.24, 2.45) is 56.7 Å². The van der Waals surface area contributed by atoms with Gasteiger partial charge in [0.15, 0.2) is 0 Å². The molecule has 5 saturated carbocycles. The van der Waals surface area contributed by atoms with E-state index >= 15 is 0 Å². The molecule has 0 aromatic rings. The Morgan fingerprint density at radius 1 is 0.774 bits per heavy atom. The number of aliphatic hydroxyl groups excluding tert-OH is 1. The Balaban J connectivity index is 1.54. The summed E-state index contributed by atoms with van der Waals surface area (Å²) >= 11 is 0. The van der Waals surface area contributed by atoms with Crippen molar-refractivity contribution in [3.63, 3.8) is 0 Å². The second-order valence-electron chi connectivity index (χ2n) is 14.7. The van der Waals surface area contributed by atoms with Crippen LogP contribution in [0.3, 0.4) is 0 Å². The third-order valence-electron chi connectivity index (χ3n) is 13.6. The lowest BCUT2D eigenvalue weighted by Crippen LogP contribution is -2.67. The molecule has 1 heteroatoms. The number of allylic oxidation sites excluding steroid dienone is 1. The lowest BCUT2D eigenvalue weighted by atomic mass is 9.31. The summed E-state index contributed by atoms with van der Waals surface area (Å²) in [5, 5.41) is 10.9. The molecule has 5 rings (SSSR count). The molecule has 0 spiro atoms. The van der Waals surface area contributed by atoms with Crippen LogP contribution in [0.25, 0.3) is 0 Å². The number of fused-ring (bicyclic) bond motifs is 7. The molecule has 0 aromatic carbocycles. The third kappa shape index (κ3) is 2.65. The van der Waals surface area contributed by atoms with Gasteiger partial charge in [-0.3, -0.25) is 0 Å². The molecule has 0 saturated heterocycles. The minimum absolute atomic E-state index is 0.0623. The van der Waals surface area contributed by atoms with E-state index in [1.54, 1.807) is 0 Å². The standard InChI is InChI=1S/C30H50O/c1-19-11-14-27(5)17-18-29(7)21(25(27)20(19)2)9-10-23-28(6)15-13-24(31)26(3,4)22(28)12-16-30(23,29)8/h20-25,31H,1,9-18H2,2-8H3/t20?,21-,22?,23?,24?,25?,27-,28?,29?,30-/m1/s1. The first-order valence-corrected chi connectivity index (χ1v) is 13.7. The molecule has 10 atom stereocenters.